The molecule has 21 heavy (non-hydrogen) atoms. The molecule has 7 heteroatoms. The van der Waals surface area contributed by atoms with Crippen LogP contribution >= 0.6 is 0 Å². The molecule has 1 unspecified atom stereocenters. The van der Waals surface area contributed by atoms with Crippen LogP contribution in [0.25, 0.3) is 0 Å². The predicted molar refractivity (Wildman–Crippen MR) is 74.2 cm³/mol. The minimum atomic E-state index is -0.900. The monoisotopic (exact) mass is 300 g/mol. The molecule has 116 valence electrons. The number of nitrogens with one attached hydrogen (secondary N) is 2. The number of carbonyl (C=O) groups is 2. The third-order valence-corrected chi connectivity index (χ3v) is 2.96. The molecule has 0 aromatic heterocycles. The lowest BCUT2D eigenvalue weighted by molar-refractivity contribution is -0.137. The Labute approximate surface area is 121 Å². The fraction of sp³-hybridized carbons (Fsp3) is 0.429. The lowest BCUT2D eigenvalue weighted by Crippen LogP contribution is -2.32. The SMILES string of the molecule is Cc1cc(F)c(NC(=O)NCC(C)CCC(=O)O)cc1F. The highest BCUT2D eigenvalue weighted by Crippen LogP contribution is 2.18. The summed E-state index contributed by atoms with van der Waals surface area (Å²) in [6.07, 6.45) is 0.436. The third-order valence-electron chi connectivity index (χ3n) is 2.96. The maximum absolute atomic E-state index is 13.5. The molecular weight excluding hydrogens is 282 g/mol. The van der Waals surface area contributed by atoms with Gasteiger partial charge in [-0.2, -0.15) is 0 Å². The second kappa shape index (κ2) is 7.56. The quantitative estimate of drug-likeness (QED) is 0.756. The highest BCUT2D eigenvalue weighted by atomic mass is 19.1. The first kappa shape index (κ1) is 16.9. The molecule has 1 rings (SSSR count). The van der Waals surface area contributed by atoms with Crippen molar-refractivity contribution in [1.29, 1.82) is 0 Å². The number of carboxylic acid groups (broad SMARTS) is 1. The second-order valence-electron chi connectivity index (χ2n) is 4.95. The highest BCUT2D eigenvalue weighted by Gasteiger charge is 2.11. The van der Waals surface area contributed by atoms with Gasteiger partial charge in [0.2, 0.25) is 0 Å². The molecule has 0 aliphatic carbocycles. The van der Waals surface area contributed by atoms with E-state index in [4.69, 9.17) is 5.11 Å². The van der Waals surface area contributed by atoms with Crippen LogP contribution in [-0.2, 0) is 4.79 Å². The van der Waals surface area contributed by atoms with Crippen LogP contribution in [0.3, 0.4) is 0 Å². The van der Waals surface area contributed by atoms with E-state index in [9.17, 15) is 18.4 Å². The van der Waals surface area contributed by atoms with E-state index in [0.717, 1.165) is 12.1 Å². The zero-order valence-electron chi connectivity index (χ0n) is 11.9. The highest BCUT2D eigenvalue weighted by molar-refractivity contribution is 5.89. The molecule has 5 nitrogen and oxygen atoms in total. The Balaban J connectivity index is 2.47. The molecule has 2 amide bonds. The summed E-state index contributed by atoms with van der Waals surface area (Å²) in [6, 6.07) is 1.25. The van der Waals surface area contributed by atoms with Gasteiger partial charge in [-0.25, -0.2) is 13.6 Å². The normalized spacial score (nSPS) is 11.8. The smallest absolute Gasteiger partial charge is 0.319 e. The van der Waals surface area contributed by atoms with Crippen LogP contribution in [-0.4, -0.2) is 23.7 Å². The van der Waals surface area contributed by atoms with Gasteiger partial charge in [0.1, 0.15) is 11.6 Å². The molecule has 1 aromatic rings. The summed E-state index contributed by atoms with van der Waals surface area (Å²) in [5.74, 6) is -2.26. The van der Waals surface area contributed by atoms with Crippen molar-refractivity contribution in [2.45, 2.75) is 26.7 Å². The molecule has 0 heterocycles. The van der Waals surface area contributed by atoms with Crippen LogP contribution in [0.15, 0.2) is 12.1 Å². The van der Waals surface area contributed by atoms with Crippen LogP contribution in [0.4, 0.5) is 19.3 Å². The molecular formula is C14H18F2N2O3. The molecule has 1 aromatic carbocycles. The van der Waals surface area contributed by atoms with Gasteiger partial charge in [-0.15, -0.1) is 0 Å². The Morgan fingerprint density at radius 2 is 1.95 bits per heavy atom. The molecule has 1 atom stereocenters. The van der Waals surface area contributed by atoms with Crippen molar-refractivity contribution >= 4 is 17.7 Å². The van der Waals surface area contributed by atoms with Crippen molar-refractivity contribution in [3.8, 4) is 0 Å². The van der Waals surface area contributed by atoms with E-state index in [-0.39, 0.29) is 30.1 Å². The summed E-state index contributed by atoms with van der Waals surface area (Å²) in [5.41, 5.74) is -0.0884. The summed E-state index contributed by atoms with van der Waals surface area (Å²) < 4.78 is 26.8. The molecule has 0 saturated carbocycles. The standard InChI is InChI=1S/C14H18F2N2O3/c1-8(3-4-13(19)20)7-17-14(21)18-12-6-10(15)9(2)5-11(12)16/h5-6,8H,3-4,7H2,1-2H3,(H,19,20)(H2,17,18,21). The third kappa shape index (κ3) is 5.76. The molecule has 3 N–H and O–H groups in total. The van der Waals surface area contributed by atoms with E-state index in [2.05, 4.69) is 10.6 Å². The van der Waals surface area contributed by atoms with Gasteiger partial charge in [0.25, 0.3) is 0 Å². The summed E-state index contributed by atoms with van der Waals surface area (Å²) in [7, 11) is 0. The van der Waals surface area contributed by atoms with Crippen molar-refractivity contribution in [1.82, 2.24) is 5.32 Å². The number of aryl methyl sites for hydroxylation is 1. The number of rotatable bonds is 6. The Hall–Kier alpha value is -2.18. The number of anilines is 1. The first-order chi connectivity index (χ1) is 9.79. The number of hydrogen-bond donors (Lipinski definition) is 3. The lowest BCUT2D eigenvalue weighted by Gasteiger charge is -2.13. The molecule has 0 aliphatic rings. The number of aliphatic carboxylic acids is 1. The first-order valence-corrected chi connectivity index (χ1v) is 6.52. The van der Waals surface area contributed by atoms with Crippen molar-refractivity contribution in [3.05, 3.63) is 29.3 Å². The van der Waals surface area contributed by atoms with Crippen LogP contribution < -0.4 is 10.6 Å². The Bertz CT molecular complexity index is 535. The Morgan fingerprint density at radius 3 is 2.57 bits per heavy atom. The van der Waals surface area contributed by atoms with Crippen LogP contribution in [0.1, 0.15) is 25.3 Å². The van der Waals surface area contributed by atoms with Gasteiger partial charge >= 0.3 is 12.0 Å². The zero-order valence-corrected chi connectivity index (χ0v) is 11.9. The Kier molecular flexibility index (Phi) is 6.08. The fourth-order valence-corrected chi connectivity index (χ4v) is 1.65. The molecule has 0 saturated heterocycles. The predicted octanol–water partition coefficient (Wildman–Crippen LogP) is 2.90. The van der Waals surface area contributed by atoms with Crippen LogP contribution in [0.5, 0.6) is 0 Å². The first-order valence-electron chi connectivity index (χ1n) is 6.52. The number of benzene rings is 1. The molecule has 0 bridgehead atoms. The summed E-state index contributed by atoms with van der Waals surface area (Å²) in [6.45, 7) is 3.46. The van der Waals surface area contributed by atoms with Crippen molar-refractivity contribution < 1.29 is 23.5 Å². The number of carboxylic acids is 1. The van der Waals surface area contributed by atoms with Gasteiger partial charge in [-0.05, 0) is 30.9 Å². The molecule has 0 spiro atoms. The van der Waals surface area contributed by atoms with Crippen LogP contribution in [0, 0.1) is 24.5 Å². The largest absolute Gasteiger partial charge is 0.481 e. The number of urea groups is 1. The number of hydrogen-bond acceptors (Lipinski definition) is 2. The van der Waals surface area contributed by atoms with Gasteiger partial charge in [0.15, 0.2) is 0 Å². The van der Waals surface area contributed by atoms with Gasteiger partial charge in [-0.1, -0.05) is 6.92 Å². The zero-order chi connectivity index (χ0) is 16.0. The van der Waals surface area contributed by atoms with Gasteiger partial charge in [-0.3, -0.25) is 4.79 Å². The van der Waals surface area contributed by atoms with E-state index in [1.54, 1.807) is 6.92 Å². The molecule has 0 radical (unpaired) electrons. The fourth-order valence-electron chi connectivity index (χ4n) is 1.65. The maximum Gasteiger partial charge on any atom is 0.319 e. The maximum atomic E-state index is 13.5. The summed E-state index contributed by atoms with van der Waals surface area (Å²) in [5, 5.41) is 13.2. The number of carbonyl (C=O) groups excluding carboxylic acids is 1. The van der Waals surface area contributed by atoms with Gasteiger partial charge < -0.3 is 15.7 Å². The molecule has 0 fully saturated rings. The van der Waals surface area contributed by atoms with E-state index >= 15 is 0 Å². The van der Waals surface area contributed by atoms with Crippen molar-refractivity contribution in [2.75, 3.05) is 11.9 Å². The Morgan fingerprint density at radius 1 is 1.29 bits per heavy atom. The van der Waals surface area contributed by atoms with Gasteiger partial charge in [0.05, 0.1) is 5.69 Å². The molecule has 0 aliphatic heterocycles. The number of halogens is 2. The lowest BCUT2D eigenvalue weighted by atomic mass is 10.1. The summed E-state index contributed by atoms with van der Waals surface area (Å²) in [4.78, 5) is 22.0. The summed E-state index contributed by atoms with van der Waals surface area (Å²) >= 11 is 0. The topological polar surface area (TPSA) is 78.4 Å². The average molecular weight is 300 g/mol. The average Bonchev–Trinajstić information content (AvgIpc) is 2.40. The van der Waals surface area contributed by atoms with E-state index < -0.39 is 23.6 Å². The van der Waals surface area contributed by atoms with Crippen molar-refractivity contribution in [3.63, 3.8) is 0 Å². The number of amides is 2. The van der Waals surface area contributed by atoms with E-state index in [0.29, 0.717) is 6.42 Å². The minimum absolute atomic E-state index is 0.0161. The second-order valence-corrected chi connectivity index (χ2v) is 4.95. The van der Waals surface area contributed by atoms with E-state index in [1.165, 1.54) is 6.92 Å². The van der Waals surface area contributed by atoms with Crippen LogP contribution in [0.2, 0.25) is 0 Å². The van der Waals surface area contributed by atoms with Crippen molar-refractivity contribution in [2.24, 2.45) is 5.92 Å². The van der Waals surface area contributed by atoms with Gasteiger partial charge in [0, 0.05) is 19.0 Å². The van der Waals surface area contributed by atoms with E-state index in [1.807, 2.05) is 0 Å². The minimum Gasteiger partial charge on any atom is -0.481 e.